The predicted molar refractivity (Wildman–Crippen MR) is 163 cm³/mol. The van der Waals surface area contributed by atoms with Gasteiger partial charge in [-0.2, -0.15) is 0 Å². The van der Waals surface area contributed by atoms with Crippen LogP contribution in [-0.4, -0.2) is 117 Å². The van der Waals surface area contributed by atoms with Crippen LogP contribution in [0.3, 0.4) is 0 Å². The number of nitrogens with two attached hydrogens (primary N) is 2. The normalized spacial score (nSPS) is 15.2. The van der Waals surface area contributed by atoms with Crippen molar-refractivity contribution < 1.29 is 38.4 Å². The van der Waals surface area contributed by atoms with Gasteiger partial charge in [-0.15, -0.1) is 0 Å². The van der Waals surface area contributed by atoms with Crippen LogP contribution >= 0.6 is 0 Å². The first-order valence-electron chi connectivity index (χ1n) is 14.2. The van der Waals surface area contributed by atoms with E-state index in [1.54, 1.807) is 0 Å². The first-order chi connectivity index (χ1) is 21.1. The summed E-state index contributed by atoms with van der Waals surface area (Å²) in [6.45, 7) is 7.21. The van der Waals surface area contributed by atoms with Crippen molar-refractivity contribution in [2.45, 2.75) is 89.9 Å². The maximum atomic E-state index is 12.8. The molecule has 0 unspecified atom stereocenters. The van der Waals surface area contributed by atoms with E-state index in [2.05, 4.69) is 47.5 Å². The number of nitrogens with one attached hydrogen (secondary N) is 8. The molecule has 0 aliphatic heterocycles. The lowest BCUT2D eigenvalue weighted by Gasteiger charge is -2.25. The van der Waals surface area contributed by atoms with Crippen LogP contribution in [0.5, 0.6) is 0 Å². The average molecular weight is 642 g/mol. The zero-order valence-electron chi connectivity index (χ0n) is 26.4. The molecule has 0 heterocycles. The molecule has 0 radical (unpaired) electrons. The maximum absolute atomic E-state index is 12.8. The molecule has 19 heteroatoms. The van der Waals surface area contributed by atoms with Crippen LogP contribution in [0.2, 0.25) is 0 Å². The van der Waals surface area contributed by atoms with Gasteiger partial charge >= 0.3 is 0 Å². The molecule has 0 spiro atoms. The summed E-state index contributed by atoms with van der Waals surface area (Å²) in [6.07, 6.45) is 0.523. The fourth-order valence-electron chi connectivity index (χ4n) is 3.45. The van der Waals surface area contributed by atoms with E-state index in [-0.39, 0.29) is 25.5 Å². The lowest BCUT2D eigenvalue weighted by molar-refractivity contribution is -0.134. The molecular formula is C26H47N11O8. The standard InChI is InChI=1S/C26H47N11O8/c1-13(30-10-11-38)20(40)32-14(2)21(41)33-15(3)22(42)34-16(4)23(43)35-17(5)24(44)37-19(25(45)29-6)36-18(12-39)8-7-9-31-26(27)28/h11-19,30,36H,7-10H2,1-6H3,(H,29,45)(H,32,40)(H,33,41)(H,34,42)(H,35,43)(H,37,44)(H4,27,28,31)/t13-,14+,15+,16+,17+,18-,19+/m1/s1. The fraction of sp³-hybridized carbons (Fsp3) is 0.654. The van der Waals surface area contributed by atoms with Gasteiger partial charge < -0.3 is 53.0 Å². The van der Waals surface area contributed by atoms with Crippen LogP contribution in [0.4, 0.5) is 0 Å². The van der Waals surface area contributed by atoms with Crippen LogP contribution in [0.25, 0.3) is 0 Å². The van der Waals surface area contributed by atoms with Crippen LogP contribution in [-0.2, 0) is 38.4 Å². The summed E-state index contributed by atoms with van der Waals surface area (Å²) in [5.41, 5.74) is 10.5. The van der Waals surface area contributed by atoms with Crippen molar-refractivity contribution in [2.75, 3.05) is 20.1 Å². The number of rotatable bonds is 21. The number of carbonyl (C=O) groups is 8. The topological polar surface area (TPSA) is 297 Å². The Kier molecular flexibility index (Phi) is 18.9. The van der Waals surface area contributed by atoms with Gasteiger partial charge in [-0.3, -0.25) is 44.4 Å². The van der Waals surface area contributed by atoms with Gasteiger partial charge in [0.05, 0.1) is 18.6 Å². The molecule has 0 aromatic rings. The van der Waals surface area contributed by atoms with Crippen LogP contribution in [0.1, 0.15) is 47.5 Å². The summed E-state index contributed by atoms with van der Waals surface area (Å²) in [4.78, 5) is 101. The van der Waals surface area contributed by atoms with Gasteiger partial charge in [-0.25, -0.2) is 0 Å². The number of amides is 6. The van der Waals surface area contributed by atoms with Crippen molar-refractivity contribution in [1.29, 1.82) is 0 Å². The summed E-state index contributed by atoms with van der Waals surface area (Å²) >= 11 is 0. The molecule has 45 heavy (non-hydrogen) atoms. The maximum Gasteiger partial charge on any atom is 0.257 e. The molecule has 19 nitrogen and oxygen atoms in total. The van der Waals surface area contributed by atoms with E-state index in [0.29, 0.717) is 19.0 Å². The molecule has 0 saturated carbocycles. The first-order valence-corrected chi connectivity index (χ1v) is 14.2. The lowest BCUT2D eigenvalue weighted by atomic mass is 10.1. The van der Waals surface area contributed by atoms with Gasteiger partial charge in [-0.05, 0) is 47.5 Å². The van der Waals surface area contributed by atoms with Gasteiger partial charge in [0.1, 0.15) is 36.7 Å². The highest BCUT2D eigenvalue weighted by molar-refractivity contribution is 5.96. The number of likely N-dealkylation sites (N-methyl/N-ethyl adjacent to an activating group) is 1. The van der Waals surface area contributed by atoms with Crippen molar-refractivity contribution >= 4 is 54.0 Å². The lowest BCUT2D eigenvalue weighted by Crippen LogP contribution is -2.61. The Morgan fingerprint density at radius 3 is 1.47 bits per heavy atom. The molecule has 0 bridgehead atoms. The third kappa shape index (κ3) is 16.1. The van der Waals surface area contributed by atoms with E-state index >= 15 is 0 Å². The Balaban J connectivity index is 4.98. The second kappa shape index (κ2) is 21.1. The minimum absolute atomic E-state index is 0.0409. The number of carbonyl (C=O) groups excluding carboxylic acids is 8. The van der Waals surface area contributed by atoms with Crippen molar-refractivity contribution in [3.05, 3.63) is 0 Å². The van der Waals surface area contributed by atoms with E-state index in [9.17, 15) is 38.4 Å². The van der Waals surface area contributed by atoms with Crippen molar-refractivity contribution in [3.63, 3.8) is 0 Å². The number of aldehydes is 2. The molecule has 0 aromatic carbocycles. The number of hydrogen-bond acceptors (Lipinski definition) is 11. The van der Waals surface area contributed by atoms with Gasteiger partial charge in [0, 0.05) is 13.6 Å². The molecule has 12 N–H and O–H groups in total. The molecular weight excluding hydrogens is 594 g/mol. The zero-order valence-corrected chi connectivity index (χ0v) is 26.4. The van der Waals surface area contributed by atoms with Gasteiger partial charge in [0.15, 0.2) is 12.1 Å². The largest absolute Gasteiger partial charge is 0.370 e. The molecule has 0 aliphatic rings. The number of guanidine groups is 1. The van der Waals surface area contributed by atoms with Crippen LogP contribution in [0, 0.1) is 0 Å². The van der Waals surface area contributed by atoms with E-state index in [1.165, 1.54) is 41.7 Å². The molecule has 6 amide bonds. The molecule has 0 fully saturated rings. The second-order valence-electron chi connectivity index (χ2n) is 10.1. The highest BCUT2D eigenvalue weighted by atomic mass is 16.2. The summed E-state index contributed by atoms with van der Waals surface area (Å²) in [5, 5.41) is 19.9. The quantitative estimate of drug-likeness (QED) is 0.0185. The predicted octanol–water partition coefficient (Wildman–Crippen LogP) is -5.42. The molecule has 0 saturated heterocycles. The van der Waals surface area contributed by atoms with E-state index in [4.69, 9.17) is 11.5 Å². The minimum Gasteiger partial charge on any atom is -0.370 e. The Morgan fingerprint density at radius 1 is 0.667 bits per heavy atom. The van der Waals surface area contributed by atoms with Crippen LogP contribution in [0.15, 0.2) is 4.99 Å². The van der Waals surface area contributed by atoms with Crippen molar-refractivity contribution in [3.8, 4) is 0 Å². The van der Waals surface area contributed by atoms with E-state index in [0.717, 1.165) is 0 Å². The van der Waals surface area contributed by atoms with Crippen molar-refractivity contribution in [2.24, 2.45) is 16.5 Å². The number of hydrogen-bond donors (Lipinski definition) is 10. The molecule has 0 rings (SSSR count). The first kappa shape index (κ1) is 40.4. The summed E-state index contributed by atoms with van der Waals surface area (Å²) in [7, 11) is 1.34. The Morgan fingerprint density at radius 2 is 1.09 bits per heavy atom. The summed E-state index contributed by atoms with van der Waals surface area (Å²) in [6, 6.07) is -5.95. The highest BCUT2D eigenvalue weighted by Crippen LogP contribution is 1.98. The molecule has 7 atom stereocenters. The summed E-state index contributed by atoms with van der Waals surface area (Å²) < 4.78 is 0. The average Bonchev–Trinajstić information content (AvgIpc) is 2.99. The van der Waals surface area contributed by atoms with Crippen molar-refractivity contribution in [1.82, 2.24) is 42.5 Å². The Bertz CT molecular complexity index is 1080. The minimum atomic E-state index is -1.32. The molecule has 0 aliphatic carbocycles. The smallest absolute Gasteiger partial charge is 0.257 e. The Hall–Kier alpha value is -4.65. The third-order valence-corrected chi connectivity index (χ3v) is 6.22. The monoisotopic (exact) mass is 641 g/mol. The summed E-state index contributed by atoms with van der Waals surface area (Å²) in [5.74, 6) is -4.16. The SMILES string of the molecule is CNC(=O)[C@H](NC(=O)[C@H](C)NC(=O)[C@H](C)NC(=O)[C@H](C)NC(=O)[C@H](C)NC(=O)[C@@H](C)NCC=O)N[C@@H](C=O)CCCN=C(N)N. The molecule has 0 aromatic heterocycles. The number of nitrogens with zero attached hydrogens (tertiary/aromatic N) is 1. The highest BCUT2D eigenvalue weighted by Gasteiger charge is 2.28. The Labute approximate surface area is 261 Å². The third-order valence-electron chi connectivity index (χ3n) is 6.22. The van der Waals surface area contributed by atoms with E-state index in [1.807, 2.05) is 0 Å². The number of aliphatic imine (C=N–C) groups is 1. The second-order valence-corrected chi connectivity index (χ2v) is 10.1. The fourth-order valence-corrected chi connectivity index (χ4v) is 3.45. The van der Waals surface area contributed by atoms with Crippen LogP contribution < -0.4 is 54.0 Å². The van der Waals surface area contributed by atoms with Gasteiger partial charge in [0.25, 0.3) is 5.91 Å². The zero-order chi connectivity index (χ0) is 34.7. The van der Waals surface area contributed by atoms with E-state index < -0.39 is 77.9 Å². The van der Waals surface area contributed by atoms with Gasteiger partial charge in [0.2, 0.25) is 29.5 Å². The molecule has 254 valence electrons. The van der Waals surface area contributed by atoms with Gasteiger partial charge in [-0.1, -0.05) is 0 Å².